The van der Waals surface area contributed by atoms with E-state index < -0.39 is 0 Å². The summed E-state index contributed by atoms with van der Waals surface area (Å²) < 4.78 is 5.39. The molecule has 0 aromatic heterocycles. The van der Waals surface area contributed by atoms with Crippen molar-refractivity contribution in [3.63, 3.8) is 0 Å². The van der Waals surface area contributed by atoms with Crippen LogP contribution in [0.25, 0.3) is 0 Å². The normalized spacial score (nSPS) is 22.2. The Bertz CT molecular complexity index is 248. The van der Waals surface area contributed by atoms with Gasteiger partial charge in [-0.25, -0.2) is 0 Å². The number of aliphatic hydroxyl groups excluding tert-OH is 1. The van der Waals surface area contributed by atoms with Gasteiger partial charge in [0, 0.05) is 10.6 Å². The zero-order valence-corrected chi connectivity index (χ0v) is 7.38. The van der Waals surface area contributed by atoms with Gasteiger partial charge in [0.05, 0.1) is 6.10 Å². The maximum Gasteiger partial charge on any atom is 0.132 e. The fourth-order valence-corrected chi connectivity index (χ4v) is 2.02. The predicted molar refractivity (Wildman–Crippen MR) is 48.7 cm³/mol. The summed E-state index contributed by atoms with van der Waals surface area (Å²) in [4.78, 5) is 1.12. The quantitative estimate of drug-likeness (QED) is 0.660. The van der Waals surface area contributed by atoms with Crippen LogP contribution in [0.2, 0.25) is 0 Å². The highest BCUT2D eigenvalue weighted by Crippen LogP contribution is 2.31. The van der Waals surface area contributed by atoms with E-state index in [4.69, 9.17) is 4.74 Å². The highest BCUT2D eigenvalue weighted by Gasteiger charge is 2.14. The fourth-order valence-electron chi connectivity index (χ4n) is 1.11. The van der Waals surface area contributed by atoms with Gasteiger partial charge in [0.15, 0.2) is 0 Å². The van der Waals surface area contributed by atoms with Crippen LogP contribution in [-0.4, -0.2) is 23.6 Å². The van der Waals surface area contributed by atoms with Crippen LogP contribution >= 0.6 is 11.8 Å². The monoisotopic (exact) mass is 182 g/mol. The van der Waals surface area contributed by atoms with E-state index in [2.05, 4.69) is 0 Å². The number of rotatable bonds is 0. The van der Waals surface area contributed by atoms with E-state index in [1.807, 2.05) is 24.3 Å². The van der Waals surface area contributed by atoms with Crippen molar-refractivity contribution in [2.45, 2.75) is 11.0 Å². The lowest BCUT2D eigenvalue weighted by Gasteiger charge is -2.05. The second-order valence-electron chi connectivity index (χ2n) is 2.72. The van der Waals surface area contributed by atoms with Gasteiger partial charge in [-0.1, -0.05) is 12.1 Å². The second kappa shape index (κ2) is 3.37. The van der Waals surface area contributed by atoms with Crippen molar-refractivity contribution in [1.29, 1.82) is 0 Å². The van der Waals surface area contributed by atoms with Crippen molar-refractivity contribution in [3.05, 3.63) is 24.3 Å². The molecule has 0 bridgehead atoms. The number of fused-ring (bicyclic) bond motifs is 1. The van der Waals surface area contributed by atoms with Crippen LogP contribution in [0.15, 0.2) is 29.2 Å². The molecule has 0 aliphatic carbocycles. The van der Waals surface area contributed by atoms with E-state index in [0.29, 0.717) is 6.61 Å². The van der Waals surface area contributed by atoms with Crippen molar-refractivity contribution >= 4 is 11.8 Å². The molecule has 0 spiro atoms. The van der Waals surface area contributed by atoms with Crippen LogP contribution in [0, 0.1) is 0 Å². The van der Waals surface area contributed by atoms with E-state index in [0.717, 1.165) is 16.4 Å². The van der Waals surface area contributed by atoms with E-state index in [1.54, 1.807) is 11.8 Å². The minimum atomic E-state index is -0.345. The molecule has 1 aliphatic rings. The molecule has 1 aliphatic heterocycles. The van der Waals surface area contributed by atoms with Gasteiger partial charge >= 0.3 is 0 Å². The maximum absolute atomic E-state index is 9.32. The summed E-state index contributed by atoms with van der Waals surface area (Å²) in [6.07, 6.45) is -0.345. The average molecular weight is 182 g/mol. The largest absolute Gasteiger partial charge is 0.490 e. The molecule has 1 atom stereocenters. The van der Waals surface area contributed by atoms with E-state index in [1.165, 1.54) is 0 Å². The Morgan fingerprint density at radius 2 is 2.25 bits per heavy atom. The number of thioether (sulfide) groups is 1. The minimum absolute atomic E-state index is 0.345. The van der Waals surface area contributed by atoms with Crippen LogP contribution in [0.3, 0.4) is 0 Å². The average Bonchev–Trinajstić information content (AvgIpc) is 2.29. The first-order valence-corrected chi connectivity index (χ1v) is 4.87. The van der Waals surface area contributed by atoms with Crippen molar-refractivity contribution in [1.82, 2.24) is 0 Å². The number of para-hydroxylation sites is 1. The lowest BCUT2D eigenvalue weighted by atomic mass is 10.3. The topological polar surface area (TPSA) is 29.5 Å². The zero-order chi connectivity index (χ0) is 8.39. The molecule has 0 saturated heterocycles. The van der Waals surface area contributed by atoms with Crippen molar-refractivity contribution in [2.75, 3.05) is 12.4 Å². The van der Waals surface area contributed by atoms with Gasteiger partial charge in [0.25, 0.3) is 0 Å². The highest BCUT2D eigenvalue weighted by atomic mass is 32.2. The number of hydrogen-bond acceptors (Lipinski definition) is 3. The predicted octanol–water partition coefficient (Wildman–Crippen LogP) is 1.53. The molecule has 64 valence electrons. The molecule has 0 fully saturated rings. The Labute approximate surface area is 75.6 Å². The summed E-state index contributed by atoms with van der Waals surface area (Å²) in [5, 5.41) is 9.32. The Morgan fingerprint density at radius 3 is 3.17 bits per heavy atom. The van der Waals surface area contributed by atoms with E-state index >= 15 is 0 Å². The molecule has 0 saturated carbocycles. The first kappa shape index (κ1) is 7.95. The molecule has 1 aromatic rings. The molecule has 2 nitrogen and oxygen atoms in total. The van der Waals surface area contributed by atoms with E-state index in [9.17, 15) is 5.11 Å². The molecule has 1 heterocycles. The third-order valence-electron chi connectivity index (χ3n) is 1.71. The lowest BCUT2D eigenvalue weighted by molar-refractivity contribution is 0.127. The number of benzene rings is 1. The van der Waals surface area contributed by atoms with Crippen molar-refractivity contribution in [2.24, 2.45) is 0 Å². The Hall–Kier alpha value is -0.670. The summed E-state index contributed by atoms with van der Waals surface area (Å²) in [6.45, 7) is 0.407. The van der Waals surface area contributed by atoms with Crippen LogP contribution in [0.4, 0.5) is 0 Å². The summed E-state index contributed by atoms with van der Waals surface area (Å²) in [6, 6.07) is 7.86. The third-order valence-corrected chi connectivity index (χ3v) is 2.91. The summed E-state index contributed by atoms with van der Waals surface area (Å²) >= 11 is 1.64. The summed E-state index contributed by atoms with van der Waals surface area (Å²) in [5.41, 5.74) is 0. The summed E-state index contributed by atoms with van der Waals surface area (Å²) in [5.74, 6) is 1.61. The molecular weight excluding hydrogens is 172 g/mol. The minimum Gasteiger partial charge on any atom is -0.490 e. The van der Waals surface area contributed by atoms with Crippen LogP contribution in [-0.2, 0) is 0 Å². The van der Waals surface area contributed by atoms with Crippen LogP contribution < -0.4 is 4.74 Å². The van der Waals surface area contributed by atoms with Gasteiger partial charge in [-0.2, -0.15) is 0 Å². The van der Waals surface area contributed by atoms with Gasteiger partial charge in [0.1, 0.15) is 12.4 Å². The highest BCUT2D eigenvalue weighted by molar-refractivity contribution is 7.99. The molecule has 1 N–H and O–H groups in total. The number of aliphatic hydroxyl groups is 1. The smallest absolute Gasteiger partial charge is 0.132 e. The van der Waals surface area contributed by atoms with Gasteiger partial charge in [-0.15, -0.1) is 11.8 Å². The van der Waals surface area contributed by atoms with Crippen molar-refractivity contribution in [3.8, 4) is 5.75 Å². The van der Waals surface area contributed by atoms with Gasteiger partial charge in [0.2, 0.25) is 0 Å². The first-order chi connectivity index (χ1) is 5.86. The molecule has 0 radical (unpaired) electrons. The molecule has 1 aromatic carbocycles. The Kier molecular flexibility index (Phi) is 2.23. The van der Waals surface area contributed by atoms with Crippen LogP contribution in [0.5, 0.6) is 5.75 Å². The molecule has 2 rings (SSSR count). The van der Waals surface area contributed by atoms with E-state index in [-0.39, 0.29) is 6.10 Å². The number of hydrogen-bond donors (Lipinski definition) is 1. The van der Waals surface area contributed by atoms with Crippen LogP contribution in [0.1, 0.15) is 0 Å². The molecule has 0 unspecified atom stereocenters. The third kappa shape index (κ3) is 1.57. The first-order valence-electron chi connectivity index (χ1n) is 3.89. The Balaban J connectivity index is 2.26. The maximum atomic E-state index is 9.32. The van der Waals surface area contributed by atoms with Gasteiger partial charge in [-0.3, -0.25) is 0 Å². The fraction of sp³-hybridized carbons (Fsp3) is 0.333. The standard InChI is InChI=1S/C9H10O2S/c10-7-5-11-8-3-1-2-4-9(8)12-6-7/h1-4,7,10H,5-6H2/t7-/m0/s1. The molecular formula is C9H10O2S. The van der Waals surface area contributed by atoms with Gasteiger partial charge in [-0.05, 0) is 12.1 Å². The summed E-state index contributed by atoms with van der Waals surface area (Å²) in [7, 11) is 0. The van der Waals surface area contributed by atoms with Crippen molar-refractivity contribution < 1.29 is 9.84 Å². The second-order valence-corrected chi connectivity index (χ2v) is 3.78. The SMILES string of the molecule is O[C@H]1COc2ccccc2SC1. The molecule has 0 amide bonds. The number of ether oxygens (including phenoxy) is 1. The Morgan fingerprint density at radius 1 is 1.42 bits per heavy atom. The molecule has 3 heteroatoms. The lowest BCUT2D eigenvalue weighted by Crippen LogP contribution is -2.17. The van der Waals surface area contributed by atoms with Gasteiger partial charge < -0.3 is 9.84 Å². The molecule has 12 heavy (non-hydrogen) atoms. The zero-order valence-electron chi connectivity index (χ0n) is 6.56.